The van der Waals surface area contributed by atoms with Gasteiger partial charge in [0.2, 0.25) is 11.8 Å². The molecule has 0 radical (unpaired) electrons. The standard InChI is InChI=1S/C23H28N4O2/c1-16-5-2-3-6-19(16)15-27-10-9-24-23(29)21(27)12-22(28)26-14-17-11-18-7-4-8-20(18)25-13-17/h2-3,5-6,11,13,21H,4,7-10,12,14-15H2,1H3,(H,24,29)(H,26,28)/t21-/m1/s1. The molecule has 152 valence electrons. The average Bonchev–Trinajstić information content (AvgIpc) is 3.18. The molecule has 1 fully saturated rings. The van der Waals surface area contributed by atoms with Crippen molar-refractivity contribution in [2.45, 2.75) is 51.7 Å². The summed E-state index contributed by atoms with van der Waals surface area (Å²) in [5, 5.41) is 5.87. The van der Waals surface area contributed by atoms with E-state index in [0.717, 1.165) is 31.4 Å². The second-order valence-corrected chi connectivity index (χ2v) is 7.99. The van der Waals surface area contributed by atoms with E-state index in [0.29, 0.717) is 19.6 Å². The number of benzene rings is 1. The summed E-state index contributed by atoms with van der Waals surface area (Å²) in [5.41, 5.74) is 5.89. The van der Waals surface area contributed by atoms with Crippen molar-refractivity contribution in [2.24, 2.45) is 0 Å². The van der Waals surface area contributed by atoms with Gasteiger partial charge in [-0.15, -0.1) is 0 Å². The molecule has 2 N–H and O–H groups in total. The second-order valence-electron chi connectivity index (χ2n) is 7.99. The van der Waals surface area contributed by atoms with Crippen molar-refractivity contribution in [1.82, 2.24) is 20.5 Å². The Labute approximate surface area is 171 Å². The molecule has 1 saturated heterocycles. The van der Waals surface area contributed by atoms with Crippen molar-refractivity contribution in [3.05, 3.63) is 64.5 Å². The molecule has 1 atom stereocenters. The number of amides is 2. The Morgan fingerprint density at radius 1 is 1.31 bits per heavy atom. The van der Waals surface area contributed by atoms with E-state index in [1.807, 2.05) is 18.3 Å². The number of aryl methyl sites for hydroxylation is 3. The maximum Gasteiger partial charge on any atom is 0.237 e. The Kier molecular flexibility index (Phi) is 5.90. The summed E-state index contributed by atoms with van der Waals surface area (Å²) < 4.78 is 0. The number of rotatable bonds is 6. The van der Waals surface area contributed by atoms with Crippen LogP contribution in [0.15, 0.2) is 36.5 Å². The number of hydrogen-bond acceptors (Lipinski definition) is 4. The number of piperazine rings is 1. The normalized spacial score (nSPS) is 18.9. The van der Waals surface area contributed by atoms with Gasteiger partial charge in [0.15, 0.2) is 0 Å². The molecule has 1 aliphatic carbocycles. The minimum atomic E-state index is -0.443. The van der Waals surface area contributed by atoms with E-state index in [1.165, 1.54) is 22.4 Å². The number of carbonyl (C=O) groups excluding carboxylic acids is 2. The van der Waals surface area contributed by atoms with Crippen LogP contribution in [0.4, 0.5) is 0 Å². The van der Waals surface area contributed by atoms with Crippen molar-refractivity contribution in [2.75, 3.05) is 13.1 Å². The van der Waals surface area contributed by atoms with Crippen LogP contribution in [0, 0.1) is 6.92 Å². The number of nitrogens with zero attached hydrogens (tertiary/aromatic N) is 2. The number of hydrogen-bond donors (Lipinski definition) is 2. The van der Waals surface area contributed by atoms with Gasteiger partial charge in [-0.2, -0.15) is 0 Å². The molecule has 1 aromatic heterocycles. The van der Waals surface area contributed by atoms with Gasteiger partial charge in [0, 0.05) is 38.1 Å². The SMILES string of the molecule is Cc1ccccc1CN1CCNC(=O)[C@H]1CC(=O)NCc1cnc2c(c1)CCC2. The van der Waals surface area contributed by atoms with Gasteiger partial charge < -0.3 is 10.6 Å². The lowest BCUT2D eigenvalue weighted by Crippen LogP contribution is -2.56. The Morgan fingerprint density at radius 3 is 3.03 bits per heavy atom. The molecule has 2 heterocycles. The van der Waals surface area contributed by atoms with E-state index >= 15 is 0 Å². The Morgan fingerprint density at radius 2 is 2.17 bits per heavy atom. The number of nitrogens with one attached hydrogen (secondary N) is 2. The third kappa shape index (κ3) is 4.65. The van der Waals surface area contributed by atoms with Crippen LogP contribution in [0.2, 0.25) is 0 Å². The largest absolute Gasteiger partial charge is 0.353 e. The van der Waals surface area contributed by atoms with Gasteiger partial charge in [0.05, 0.1) is 12.5 Å². The van der Waals surface area contributed by atoms with E-state index in [1.54, 1.807) is 0 Å². The van der Waals surface area contributed by atoms with Crippen LogP contribution in [-0.2, 0) is 35.5 Å². The van der Waals surface area contributed by atoms with E-state index in [9.17, 15) is 9.59 Å². The van der Waals surface area contributed by atoms with Crippen LogP contribution >= 0.6 is 0 Å². The van der Waals surface area contributed by atoms with Crippen LogP contribution in [-0.4, -0.2) is 40.8 Å². The van der Waals surface area contributed by atoms with Crippen molar-refractivity contribution in [3.63, 3.8) is 0 Å². The Hall–Kier alpha value is -2.73. The van der Waals surface area contributed by atoms with Gasteiger partial charge in [-0.1, -0.05) is 30.3 Å². The number of carbonyl (C=O) groups is 2. The van der Waals surface area contributed by atoms with Crippen molar-refractivity contribution in [1.29, 1.82) is 0 Å². The molecule has 2 aliphatic rings. The molecule has 29 heavy (non-hydrogen) atoms. The molecule has 1 aromatic carbocycles. The lowest BCUT2D eigenvalue weighted by molar-refractivity contribution is -0.134. The number of fused-ring (bicyclic) bond motifs is 1. The molecule has 0 unspecified atom stereocenters. The van der Waals surface area contributed by atoms with Crippen LogP contribution < -0.4 is 10.6 Å². The molecular weight excluding hydrogens is 364 g/mol. The van der Waals surface area contributed by atoms with Gasteiger partial charge in [0.25, 0.3) is 0 Å². The van der Waals surface area contributed by atoms with Crippen LogP contribution in [0.5, 0.6) is 0 Å². The first-order chi connectivity index (χ1) is 14.1. The lowest BCUT2D eigenvalue weighted by Gasteiger charge is -2.35. The molecule has 6 nitrogen and oxygen atoms in total. The summed E-state index contributed by atoms with van der Waals surface area (Å²) in [6.07, 6.45) is 5.29. The predicted molar refractivity (Wildman–Crippen MR) is 111 cm³/mol. The molecule has 2 amide bonds. The number of pyridine rings is 1. The highest BCUT2D eigenvalue weighted by molar-refractivity contribution is 5.88. The van der Waals surface area contributed by atoms with Crippen LogP contribution in [0.1, 0.15) is 40.8 Å². The van der Waals surface area contributed by atoms with Crippen molar-refractivity contribution < 1.29 is 9.59 Å². The smallest absolute Gasteiger partial charge is 0.237 e. The van der Waals surface area contributed by atoms with Gasteiger partial charge in [-0.05, 0) is 48.4 Å². The van der Waals surface area contributed by atoms with E-state index in [-0.39, 0.29) is 18.2 Å². The number of aromatic nitrogens is 1. The molecule has 0 spiro atoms. The molecule has 0 saturated carbocycles. The minimum Gasteiger partial charge on any atom is -0.353 e. The van der Waals surface area contributed by atoms with Crippen molar-refractivity contribution >= 4 is 11.8 Å². The van der Waals surface area contributed by atoms with Crippen molar-refractivity contribution in [3.8, 4) is 0 Å². The zero-order chi connectivity index (χ0) is 20.2. The van der Waals surface area contributed by atoms with E-state index < -0.39 is 6.04 Å². The first-order valence-electron chi connectivity index (χ1n) is 10.4. The fourth-order valence-corrected chi connectivity index (χ4v) is 4.20. The summed E-state index contributed by atoms with van der Waals surface area (Å²) in [4.78, 5) is 31.7. The highest BCUT2D eigenvalue weighted by Crippen LogP contribution is 2.20. The van der Waals surface area contributed by atoms with E-state index in [4.69, 9.17) is 0 Å². The molecule has 0 bridgehead atoms. The fourth-order valence-electron chi connectivity index (χ4n) is 4.20. The average molecular weight is 393 g/mol. The van der Waals surface area contributed by atoms with Gasteiger partial charge in [-0.3, -0.25) is 19.5 Å². The summed E-state index contributed by atoms with van der Waals surface area (Å²) in [5.74, 6) is -0.179. The Bertz CT molecular complexity index is 912. The zero-order valence-electron chi connectivity index (χ0n) is 16.9. The highest BCUT2D eigenvalue weighted by Gasteiger charge is 2.31. The quantitative estimate of drug-likeness (QED) is 0.787. The van der Waals surface area contributed by atoms with Crippen LogP contribution in [0.25, 0.3) is 0 Å². The minimum absolute atomic E-state index is 0.0702. The summed E-state index contributed by atoms with van der Waals surface area (Å²) >= 11 is 0. The molecule has 1 aliphatic heterocycles. The summed E-state index contributed by atoms with van der Waals surface area (Å²) in [7, 11) is 0. The zero-order valence-corrected chi connectivity index (χ0v) is 16.9. The van der Waals surface area contributed by atoms with Gasteiger partial charge in [-0.25, -0.2) is 0 Å². The first-order valence-corrected chi connectivity index (χ1v) is 10.4. The summed E-state index contributed by atoms with van der Waals surface area (Å²) in [6.45, 7) is 4.56. The monoisotopic (exact) mass is 392 g/mol. The molecule has 6 heteroatoms. The van der Waals surface area contributed by atoms with Gasteiger partial charge in [0.1, 0.15) is 0 Å². The lowest BCUT2D eigenvalue weighted by atomic mass is 10.0. The third-order valence-corrected chi connectivity index (χ3v) is 5.92. The first kappa shape index (κ1) is 19.6. The summed E-state index contributed by atoms with van der Waals surface area (Å²) in [6, 6.07) is 9.89. The highest BCUT2D eigenvalue weighted by atomic mass is 16.2. The van der Waals surface area contributed by atoms with Gasteiger partial charge >= 0.3 is 0 Å². The second kappa shape index (κ2) is 8.74. The third-order valence-electron chi connectivity index (χ3n) is 5.92. The Balaban J connectivity index is 1.37. The maximum atomic E-state index is 12.6. The maximum absolute atomic E-state index is 12.6. The van der Waals surface area contributed by atoms with Crippen LogP contribution in [0.3, 0.4) is 0 Å². The molecular formula is C23H28N4O2. The fraction of sp³-hybridized carbons (Fsp3) is 0.435. The predicted octanol–water partition coefficient (Wildman–Crippen LogP) is 1.89. The topological polar surface area (TPSA) is 74.3 Å². The molecule has 4 rings (SSSR count). The van der Waals surface area contributed by atoms with E-state index in [2.05, 4.69) is 45.6 Å². The molecule has 2 aromatic rings.